The van der Waals surface area contributed by atoms with Gasteiger partial charge in [-0.3, -0.25) is 4.57 Å². The van der Waals surface area contributed by atoms with Gasteiger partial charge in [-0.25, -0.2) is 9.98 Å². The Bertz CT molecular complexity index is 2500. The van der Waals surface area contributed by atoms with Gasteiger partial charge in [0.2, 0.25) is 5.96 Å². The van der Waals surface area contributed by atoms with E-state index in [1.54, 1.807) is 0 Å². The standard InChI is InChI=1S/C45H37N3/c1-5-17-32(4)43(34-20-10-8-7-9-18-31(3)26-27-34)47-45(46-30-6-2)48-40-29-28-33-19-11-12-21-35(33)41(40)42-38-24-15-13-22-36(38)37-23-14-16-25-39(37)44(42)48/h5-9,11-29H,2-4,10,30H2,1H3/b8-7-,17-5-,18-9-,27-26-,34-20+,46-45?,47-43+. The normalized spacial score (nSPS) is 17.7. The lowest BCUT2D eigenvalue weighted by molar-refractivity contribution is 1.14. The van der Waals surface area contributed by atoms with Crippen LogP contribution in [0.15, 0.2) is 192 Å². The molecule has 232 valence electrons. The average Bonchev–Trinajstić information content (AvgIpc) is 3.48. The zero-order valence-electron chi connectivity index (χ0n) is 27.2. The largest absolute Gasteiger partial charge is 0.278 e. The number of fused-ring (bicyclic) bond motifs is 10. The topological polar surface area (TPSA) is 29.6 Å². The third kappa shape index (κ3) is 5.50. The van der Waals surface area contributed by atoms with Crippen LogP contribution >= 0.6 is 0 Å². The van der Waals surface area contributed by atoms with Gasteiger partial charge in [-0.2, -0.15) is 0 Å². The molecule has 3 heteroatoms. The number of aliphatic imine (C=N–C) groups is 2. The van der Waals surface area contributed by atoms with E-state index in [0.29, 0.717) is 12.5 Å². The maximum Gasteiger partial charge on any atom is 0.230 e. The Morgan fingerprint density at radius 2 is 1.50 bits per heavy atom. The minimum absolute atomic E-state index is 0.404. The van der Waals surface area contributed by atoms with Crippen LogP contribution in [-0.2, 0) is 0 Å². The minimum atomic E-state index is 0.404. The molecule has 0 atom stereocenters. The van der Waals surface area contributed by atoms with Gasteiger partial charge in [0.15, 0.2) is 0 Å². The number of allylic oxidation sites excluding steroid dienone is 12. The van der Waals surface area contributed by atoms with Gasteiger partial charge < -0.3 is 0 Å². The van der Waals surface area contributed by atoms with Crippen LogP contribution in [0.25, 0.3) is 54.1 Å². The molecular formula is C45H37N3. The highest BCUT2D eigenvalue weighted by atomic mass is 15.2. The first-order chi connectivity index (χ1) is 23.6. The number of benzene rings is 5. The van der Waals surface area contributed by atoms with Crippen molar-refractivity contribution in [3.63, 3.8) is 0 Å². The first kappa shape index (κ1) is 30.6. The molecule has 48 heavy (non-hydrogen) atoms. The van der Waals surface area contributed by atoms with E-state index in [4.69, 9.17) is 9.98 Å². The van der Waals surface area contributed by atoms with Crippen molar-refractivity contribution in [2.75, 3.05) is 6.54 Å². The molecular weight excluding hydrogens is 583 g/mol. The van der Waals surface area contributed by atoms with Crippen molar-refractivity contribution in [2.45, 2.75) is 13.3 Å². The molecule has 0 saturated carbocycles. The van der Waals surface area contributed by atoms with E-state index in [2.05, 4.69) is 127 Å². The van der Waals surface area contributed by atoms with Crippen molar-refractivity contribution in [2.24, 2.45) is 9.98 Å². The summed E-state index contributed by atoms with van der Waals surface area (Å²) in [4.78, 5) is 10.6. The maximum absolute atomic E-state index is 5.46. The average molecular weight is 620 g/mol. The molecule has 7 rings (SSSR count). The molecule has 1 heterocycles. The monoisotopic (exact) mass is 619 g/mol. The summed E-state index contributed by atoms with van der Waals surface area (Å²) < 4.78 is 2.25. The van der Waals surface area contributed by atoms with Crippen LogP contribution in [0.1, 0.15) is 13.3 Å². The summed E-state index contributed by atoms with van der Waals surface area (Å²) in [5, 5.41) is 9.53. The first-order valence-electron chi connectivity index (χ1n) is 16.3. The van der Waals surface area contributed by atoms with Crippen LogP contribution in [0.4, 0.5) is 0 Å². The predicted octanol–water partition coefficient (Wildman–Crippen LogP) is 11.8. The summed E-state index contributed by atoms with van der Waals surface area (Å²) in [6.07, 6.45) is 21.0. The molecule has 1 aliphatic carbocycles. The second kappa shape index (κ2) is 13.4. The Balaban J connectivity index is 1.65. The van der Waals surface area contributed by atoms with E-state index in [9.17, 15) is 0 Å². The summed E-state index contributed by atoms with van der Waals surface area (Å²) in [6, 6.07) is 30.4. The number of rotatable bonds is 5. The fourth-order valence-corrected chi connectivity index (χ4v) is 6.68. The number of nitrogens with zero attached hydrogens (tertiary/aromatic N) is 3. The van der Waals surface area contributed by atoms with Crippen molar-refractivity contribution in [3.8, 4) is 0 Å². The highest BCUT2D eigenvalue weighted by Gasteiger charge is 2.22. The van der Waals surface area contributed by atoms with Gasteiger partial charge in [-0.05, 0) is 63.1 Å². The molecule has 5 aromatic carbocycles. The lowest BCUT2D eigenvalue weighted by Gasteiger charge is -2.14. The highest BCUT2D eigenvalue weighted by molar-refractivity contribution is 6.37. The minimum Gasteiger partial charge on any atom is -0.278 e. The molecule has 0 bridgehead atoms. The predicted molar refractivity (Wildman–Crippen MR) is 211 cm³/mol. The molecule has 0 saturated heterocycles. The van der Waals surface area contributed by atoms with Gasteiger partial charge >= 0.3 is 0 Å². The van der Waals surface area contributed by atoms with Gasteiger partial charge in [0, 0.05) is 16.2 Å². The van der Waals surface area contributed by atoms with Gasteiger partial charge in [0.1, 0.15) is 0 Å². The SMILES string of the molecule is C=CCN=C(/N=C(C(=C)/C=C\C)/C1=C/C/C=C\C=C/C(=C)/C=C\1)n1c2ccc3ccccc3c2c2c3ccccc3c3ccccc3c21. The molecule has 0 amide bonds. The molecule has 0 radical (unpaired) electrons. The molecule has 3 nitrogen and oxygen atoms in total. The lowest BCUT2D eigenvalue weighted by atomic mass is 9.95. The van der Waals surface area contributed by atoms with Crippen LogP contribution in [0.5, 0.6) is 0 Å². The van der Waals surface area contributed by atoms with Crippen molar-refractivity contribution < 1.29 is 0 Å². The Labute approximate surface area is 281 Å². The van der Waals surface area contributed by atoms with Gasteiger partial charge in [-0.1, -0.05) is 153 Å². The molecule has 0 aliphatic heterocycles. The van der Waals surface area contributed by atoms with E-state index in [0.717, 1.165) is 45.3 Å². The van der Waals surface area contributed by atoms with Crippen LogP contribution in [-0.4, -0.2) is 22.8 Å². The molecule has 0 N–H and O–H groups in total. The number of hydrogen-bond acceptors (Lipinski definition) is 1. The lowest BCUT2D eigenvalue weighted by Crippen LogP contribution is -2.15. The molecule has 1 aliphatic rings. The fourth-order valence-electron chi connectivity index (χ4n) is 6.68. The Morgan fingerprint density at radius 3 is 2.27 bits per heavy atom. The van der Waals surface area contributed by atoms with Crippen molar-refractivity contribution in [1.82, 2.24) is 4.57 Å². The van der Waals surface area contributed by atoms with Crippen molar-refractivity contribution in [1.29, 1.82) is 0 Å². The quantitative estimate of drug-likeness (QED) is 0.0604. The first-order valence-corrected chi connectivity index (χ1v) is 16.3. The number of hydrogen-bond donors (Lipinski definition) is 0. The van der Waals surface area contributed by atoms with E-state index < -0.39 is 0 Å². The zero-order valence-corrected chi connectivity index (χ0v) is 27.2. The second-order valence-corrected chi connectivity index (χ2v) is 11.8. The summed E-state index contributed by atoms with van der Waals surface area (Å²) in [7, 11) is 0. The zero-order chi connectivity index (χ0) is 33.0. The number of aromatic nitrogens is 1. The van der Waals surface area contributed by atoms with Gasteiger partial charge in [0.05, 0.1) is 23.3 Å². The van der Waals surface area contributed by atoms with E-state index in [-0.39, 0.29) is 0 Å². The summed E-state index contributed by atoms with van der Waals surface area (Å²) >= 11 is 0. The molecule has 6 aromatic rings. The molecule has 0 spiro atoms. The Hall–Kier alpha value is -6.06. The van der Waals surface area contributed by atoms with Crippen LogP contribution in [0.2, 0.25) is 0 Å². The third-order valence-corrected chi connectivity index (χ3v) is 8.75. The van der Waals surface area contributed by atoms with Crippen LogP contribution < -0.4 is 0 Å². The molecule has 1 aromatic heterocycles. The Kier molecular flexibility index (Phi) is 8.51. The van der Waals surface area contributed by atoms with Crippen LogP contribution in [0.3, 0.4) is 0 Å². The fraction of sp³-hybridized carbons (Fsp3) is 0.0667. The van der Waals surface area contributed by atoms with E-state index in [1.165, 1.54) is 37.7 Å². The molecule has 0 fully saturated rings. The Morgan fingerprint density at radius 1 is 0.792 bits per heavy atom. The summed E-state index contributed by atoms with van der Waals surface area (Å²) in [5.74, 6) is 0.576. The van der Waals surface area contributed by atoms with Gasteiger partial charge in [-0.15, -0.1) is 6.58 Å². The van der Waals surface area contributed by atoms with E-state index >= 15 is 0 Å². The smallest absolute Gasteiger partial charge is 0.230 e. The van der Waals surface area contributed by atoms with Crippen molar-refractivity contribution >= 4 is 65.8 Å². The van der Waals surface area contributed by atoms with E-state index in [1.807, 2.05) is 49.5 Å². The van der Waals surface area contributed by atoms with Gasteiger partial charge in [0.25, 0.3) is 0 Å². The summed E-state index contributed by atoms with van der Waals surface area (Å²) in [6.45, 7) is 15.1. The van der Waals surface area contributed by atoms with Crippen LogP contribution in [0, 0.1) is 0 Å². The van der Waals surface area contributed by atoms with Crippen molar-refractivity contribution in [3.05, 3.63) is 182 Å². The molecule has 0 unspecified atom stereocenters. The summed E-state index contributed by atoms with van der Waals surface area (Å²) in [5.41, 5.74) is 5.52. The third-order valence-electron chi connectivity index (χ3n) is 8.75. The second-order valence-electron chi connectivity index (χ2n) is 11.8. The maximum atomic E-state index is 5.46. The highest BCUT2D eigenvalue weighted by Crippen LogP contribution is 2.43.